The fourth-order valence-electron chi connectivity index (χ4n) is 2.06. The molecule has 0 saturated carbocycles. The van der Waals surface area contributed by atoms with Crippen LogP contribution in [0.15, 0.2) is 18.2 Å². The van der Waals surface area contributed by atoms with E-state index in [2.05, 4.69) is 13.8 Å². The van der Waals surface area contributed by atoms with Crippen molar-refractivity contribution in [1.82, 2.24) is 0 Å². The van der Waals surface area contributed by atoms with Crippen molar-refractivity contribution in [2.75, 3.05) is 0 Å². The molecule has 0 fully saturated rings. The quantitative estimate of drug-likeness (QED) is 0.791. The second kappa shape index (κ2) is 3.81. The Balaban J connectivity index is 2.38. The van der Waals surface area contributed by atoms with Gasteiger partial charge in [0.05, 0.1) is 5.56 Å². The van der Waals surface area contributed by atoms with Gasteiger partial charge in [-0.05, 0) is 56.9 Å². The lowest BCUT2D eigenvalue weighted by Crippen LogP contribution is -2.26. The van der Waals surface area contributed by atoms with Gasteiger partial charge in [0.1, 0.15) is 11.4 Å². The van der Waals surface area contributed by atoms with Gasteiger partial charge in [-0.25, -0.2) is 4.79 Å². The first-order chi connectivity index (χ1) is 7.48. The molecule has 86 valence electrons. The maximum Gasteiger partial charge on any atom is 0.335 e. The second-order valence-corrected chi connectivity index (χ2v) is 4.84. The lowest BCUT2D eigenvalue weighted by molar-refractivity contribution is 0.0696. The highest BCUT2D eigenvalue weighted by atomic mass is 16.5. The van der Waals surface area contributed by atoms with Crippen molar-refractivity contribution in [2.24, 2.45) is 0 Å². The molecule has 1 aliphatic heterocycles. The first-order valence-electron chi connectivity index (χ1n) is 5.53. The molecule has 0 amide bonds. The van der Waals surface area contributed by atoms with Gasteiger partial charge in [-0.1, -0.05) is 0 Å². The molecule has 1 heterocycles. The van der Waals surface area contributed by atoms with Crippen molar-refractivity contribution in [1.29, 1.82) is 0 Å². The number of benzene rings is 1. The molecule has 0 atom stereocenters. The Morgan fingerprint density at radius 3 is 2.88 bits per heavy atom. The van der Waals surface area contributed by atoms with E-state index in [0.717, 1.165) is 30.6 Å². The summed E-state index contributed by atoms with van der Waals surface area (Å²) in [6.07, 6.45) is 2.91. The van der Waals surface area contributed by atoms with E-state index in [1.54, 1.807) is 18.2 Å². The zero-order valence-electron chi connectivity index (χ0n) is 9.62. The minimum absolute atomic E-state index is 0.157. The summed E-state index contributed by atoms with van der Waals surface area (Å²) >= 11 is 0. The predicted octanol–water partition coefficient (Wildman–Crippen LogP) is 2.88. The average Bonchev–Trinajstić information content (AvgIpc) is 2.33. The van der Waals surface area contributed by atoms with Crippen molar-refractivity contribution < 1.29 is 14.6 Å². The minimum atomic E-state index is -0.883. The molecule has 1 aromatic carbocycles. The van der Waals surface area contributed by atoms with E-state index in [0.29, 0.717) is 5.56 Å². The van der Waals surface area contributed by atoms with Crippen LogP contribution in [0.25, 0.3) is 0 Å². The van der Waals surface area contributed by atoms with Crippen LogP contribution >= 0.6 is 0 Å². The van der Waals surface area contributed by atoms with Gasteiger partial charge in [-0.3, -0.25) is 0 Å². The first-order valence-corrected chi connectivity index (χ1v) is 5.53. The molecule has 3 heteroatoms. The fourth-order valence-corrected chi connectivity index (χ4v) is 2.06. The van der Waals surface area contributed by atoms with Crippen LogP contribution in [-0.2, 0) is 6.42 Å². The molecule has 0 radical (unpaired) electrons. The number of aryl methyl sites for hydroxylation is 1. The summed E-state index contributed by atoms with van der Waals surface area (Å²) in [5.74, 6) is -0.0567. The topological polar surface area (TPSA) is 46.5 Å². The number of carbonyl (C=O) groups is 1. The smallest absolute Gasteiger partial charge is 0.335 e. The largest absolute Gasteiger partial charge is 0.488 e. The zero-order valence-corrected chi connectivity index (χ0v) is 9.62. The molecule has 0 aliphatic carbocycles. The number of hydrogen-bond donors (Lipinski definition) is 1. The van der Waals surface area contributed by atoms with Gasteiger partial charge < -0.3 is 9.84 Å². The average molecular weight is 220 g/mol. The van der Waals surface area contributed by atoms with E-state index >= 15 is 0 Å². The number of carboxylic acids is 1. The third-order valence-corrected chi connectivity index (χ3v) is 2.92. The maximum atomic E-state index is 10.9. The van der Waals surface area contributed by atoms with Crippen molar-refractivity contribution in [3.63, 3.8) is 0 Å². The van der Waals surface area contributed by atoms with Crippen molar-refractivity contribution in [2.45, 2.75) is 38.7 Å². The summed E-state index contributed by atoms with van der Waals surface area (Å²) < 4.78 is 5.89. The summed E-state index contributed by atoms with van der Waals surface area (Å²) in [6, 6.07) is 5.09. The highest BCUT2D eigenvalue weighted by molar-refractivity contribution is 5.88. The standard InChI is InChI=1S/C13H16O3/c1-13(2)7-3-4-9-8-10(12(14)15)5-6-11(9)16-13/h5-6,8H,3-4,7H2,1-2H3,(H,14,15). The van der Waals surface area contributed by atoms with Crippen LogP contribution in [0.4, 0.5) is 0 Å². The van der Waals surface area contributed by atoms with Gasteiger partial charge in [0.2, 0.25) is 0 Å². The summed E-state index contributed by atoms with van der Waals surface area (Å²) in [5.41, 5.74) is 1.18. The van der Waals surface area contributed by atoms with Crippen LogP contribution in [-0.4, -0.2) is 16.7 Å². The van der Waals surface area contributed by atoms with Crippen molar-refractivity contribution >= 4 is 5.97 Å². The summed E-state index contributed by atoms with van der Waals surface area (Å²) in [4.78, 5) is 10.9. The predicted molar refractivity (Wildman–Crippen MR) is 61.0 cm³/mol. The summed E-state index contributed by atoms with van der Waals surface area (Å²) in [5, 5.41) is 8.92. The van der Waals surface area contributed by atoms with E-state index < -0.39 is 5.97 Å². The Kier molecular flexibility index (Phi) is 2.62. The molecular formula is C13H16O3. The molecule has 3 nitrogen and oxygen atoms in total. The number of hydrogen-bond acceptors (Lipinski definition) is 2. The first kappa shape index (κ1) is 11.0. The molecule has 1 N–H and O–H groups in total. The Bertz CT molecular complexity index is 421. The van der Waals surface area contributed by atoms with E-state index in [9.17, 15) is 4.79 Å². The van der Waals surface area contributed by atoms with Crippen LogP contribution in [0.3, 0.4) is 0 Å². The minimum Gasteiger partial charge on any atom is -0.488 e. The van der Waals surface area contributed by atoms with Crippen LogP contribution < -0.4 is 4.74 Å². The molecule has 0 bridgehead atoms. The molecule has 2 rings (SSSR count). The third kappa shape index (κ3) is 2.18. The van der Waals surface area contributed by atoms with Gasteiger partial charge in [0, 0.05) is 0 Å². The lowest BCUT2D eigenvalue weighted by Gasteiger charge is -2.24. The van der Waals surface area contributed by atoms with Gasteiger partial charge in [-0.2, -0.15) is 0 Å². The molecule has 1 aromatic rings. The van der Waals surface area contributed by atoms with Gasteiger partial charge in [0.25, 0.3) is 0 Å². The molecule has 16 heavy (non-hydrogen) atoms. The van der Waals surface area contributed by atoms with Crippen molar-refractivity contribution in [3.05, 3.63) is 29.3 Å². The molecule has 0 aromatic heterocycles. The molecule has 0 spiro atoms. The van der Waals surface area contributed by atoms with Gasteiger partial charge in [0.15, 0.2) is 0 Å². The summed E-state index contributed by atoms with van der Waals surface area (Å²) in [6.45, 7) is 4.13. The molecular weight excluding hydrogens is 204 g/mol. The second-order valence-electron chi connectivity index (χ2n) is 4.84. The van der Waals surface area contributed by atoms with Gasteiger partial charge >= 0.3 is 5.97 Å². The summed E-state index contributed by atoms with van der Waals surface area (Å²) in [7, 11) is 0. The Morgan fingerprint density at radius 1 is 1.44 bits per heavy atom. The lowest BCUT2D eigenvalue weighted by atomic mass is 10.0. The number of ether oxygens (including phenoxy) is 1. The van der Waals surface area contributed by atoms with Crippen LogP contribution in [0, 0.1) is 0 Å². The molecule has 0 saturated heterocycles. The van der Waals surface area contributed by atoms with Crippen molar-refractivity contribution in [3.8, 4) is 5.75 Å². The van der Waals surface area contributed by atoms with Crippen LogP contribution in [0.2, 0.25) is 0 Å². The van der Waals surface area contributed by atoms with Crippen LogP contribution in [0.5, 0.6) is 5.75 Å². The fraction of sp³-hybridized carbons (Fsp3) is 0.462. The monoisotopic (exact) mass is 220 g/mol. The molecule has 1 aliphatic rings. The normalized spacial score (nSPS) is 18.1. The SMILES string of the molecule is CC1(C)CCCc2cc(C(=O)O)ccc2O1. The van der Waals surface area contributed by atoms with E-state index in [1.165, 1.54) is 0 Å². The molecule has 0 unspecified atom stereocenters. The maximum absolute atomic E-state index is 10.9. The number of rotatable bonds is 1. The Labute approximate surface area is 95.0 Å². The van der Waals surface area contributed by atoms with Gasteiger partial charge in [-0.15, -0.1) is 0 Å². The van der Waals surface area contributed by atoms with E-state index in [1.807, 2.05) is 0 Å². The third-order valence-electron chi connectivity index (χ3n) is 2.92. The highest BCUT2D eigenvalue weighted by Crippen LogP contribution is 2.32. The Hall–Kier alpha value is -1.51. The zero-order chi connectivity index (χ0) is 11.8. The highest BCUT2D eigenvalue weighted by Gasteiger charge is 2.24. The van der Waals surface area contributed by atoms with Crippen LogP contribution in [0.1, 0.15) is 42.6 Å². The number of aromatic carboxylic acids is 1. The Morgan fingerprint density at radius 2 is 2.19 bits per heavy atom. The number of carboxylic acid groups (broad SMARTS) is 1. The van der Waals surface area contributed by atoms with E-state index in [-0.39, 0.29) is 5.60 Å². The van der Waals surface area contributed by atoms with E-state index in [4.69, 9.17) is 9.84 Å². The number of fused-ring (bicyclic) bond motifs is 1.